The normalized spacial score (nSPS) is 17.5. The van der Waals surface area contributed by atoms with E-state index in [1.165, 1.54) is 10.8 Å². The van der Waals surface area contributed by atoms with Crippen molar-refractivity contribution in [3.8, 4) is 5.75 Å². The van der Waals surface area contributed by atoms with Crippen molar-refractivity contribution < 1.29 is 4.74 Å². The molecule has 0 radical (unpaired) electrons. The monoisotopic (exact) mass is 343 g/mol. The van der Waals surface area contributed by atoms with E-state index in [1.54, 1.807) is 0 Å². The van der Waals surface area contributed by atoms with Crippen LogP contribution in [0.2, 0.25) is 0 Å². The Kier molecular flexibility index (Phi) is 5.53. The van der Waals surface area contributed by atoms with Crippen molar-refractivity contribution in [2.24, 2.45) is 0 Å². The van der Waals surface area contributed by atoms with E-state index in [4.69, 9.17) is 17.0 Å². The van der Waals surface area contributed by atoms with Crippen LogP contribution in [0.5, 0.6) is 5.75 Å². The Hall–Kier alpha value is -1.85. The fraction of sp³-hybridized carbons (Fsp3) is 0.421. The van der Waals surface area contributed by atoms with E-state index >= 15 is 0 Å². The molecular weight excluding hydrogens is 318 g/mol. The van der Waals surface area contributed by atoms with Gasteiger partial charge in [0.25, 0.3) is 0 Å². The summed E-state index contributed by atoms with van der Waals surface area (Å²) in [6.07, 6.45) is 1.18. The predicted octanol–water partition coefficient (Wildman–Crippen LogP) is 2.73. The lowest BCUT2D eigenvalue weighted by molar-refractivity contribution is 0.217. The summed E-state index contributed by atoms with van der Waals surface area (Å²) in [6.45, 7) is 3.64. The number of hydrogen-bond acceptors (Lipinski definition) is 3. The maximum Gasteiger partial charge on any atom is 0.169 e. The summed E-state index contributed by atoms with van der Waals surface area (Å²) >= 11 is 5.50. The lowest BCUT2D eigenvalue weighted by Crippen LogP contribution is -2.41. The van der Waals surface area contributed by atoms with Crippen molar-refractivity contribution in [2.45, 2.75) is 12.5 Å². The van der Waals surface area contributed by atoms with Crippen LogP contribution in [0.3, 0.4) is 0 Å². The van der Waals surface area contributed by atoms with Gasteiger partial charge in [-0.2, -0.15) is 0 Å². The van der Waals surface area contributed by atoms with Gasteiger partial charge in [0.05, 0.1) is 6.54 Å². The van der Waals surface area contributed by atoms with Crippen LogP contribution in [-0.4, -0.2) is 61.3 Å². The van der Waals surface area contributed by atoms with Gasteiger partial charge >= 0.3 is 0 Å². The summed E-state index contributed by atoms with van der Waals surface area (Å²) in [5.41, 5.74) is 0. The maximum absolute atomic E-state index is 6.27. The van der Waals surface area contributed by atoms with E-state index in [9.17, 15) is 0 Å². The molecule has 0 saturated carbocycles. The minimum absolute atomic E-state index is 0.185. The zero-order chi connectivity index (χ0) is 16.9. The molecule has 1 unspecified atom stereocenters. The molecule has 0 aliphatic carbocycles. The second-order valence-electron chi connectivity index (χ2n) is 6.49. The smallest absolute Gasteiger partial charge is 0.169 e. The summed E-state index contributed by atoms with van der Waals surface area (Å²) < 4.78 is 6.27. The molecule has 1 fully saturated rings. The number of nitrogens with zero attached hydrogens (tertiary/aromatic N) is 2. The Morgan fingerprint density at radius 1 is 1.25 bits per heavy atom. The van der Waals surface area contributed by atoms with Crippen LogP contribution in [-0.2, 0) is 0 Å². The van der Waals surface area contributed by atoms with E-state index in [1.807, 2.05) is 0 Å². The van der Waals surface area contributed by atoms with Crippen LogP contribution in [0.15, 0.2) is 42.5 Å². The molecule has 1 N–H and O–H groups in total. The molecule has 5 heteroatoms. The molecule has 0 spiro atoms. The Balaban J connectivity index is 1.57. The van der Waals surface area contributed by atoms with Crippen LogP contribution in [0.1, 0.15) is 6.42 Å². The Labute approximate surface area is 149 Å². The molecule has 0 amide bonds. The topological polar surface area (TPSA) is 27.7 Å². The number of likely N-dealkylation sites (N-methyl/N-ethyl adjacent to an activating group) is 1. The van der Waals surface area contributed by atoms with Gasteiger partial charge in [0, 0.05) is 31.4 Å². The Morgan fingerprint density at radius 2 is 2.04 bits per heavy atom. The minimum atomic E-state index is 0.185. The summed E-state index contributed by atoms with van der Waals surface area (Å²) in [7, 11) is 4.13. The van der Waals surface area contributed by atoms with Gasteiger partial charge in [-0.05, 0) is 37.8 Å². The van der Waals surface area contributed by atoms with Gasteiger partial charge in [-0.3, -0.25) is 0 Å². The highest BCUT2D eigenvalue weighted by molar-refractivity contribution is 7.80. The first kappa shape index (κ1) is 17.0. The van der Waals surface area contributed by atoms with Crippen LogP contribution < -0.4 is 10.1 Å². The van der Waals surface area contributed by atoms with E-state index in [0.717, 1.165) is 43.5 Å². The van der Waals surface area contributed by atoms with Crippen molar-refractivity contribution in [3.05, 3.63) is 42.5 Å². The van der Waals surface area contributed by atoms with E-state index in [-0.39, 0.29) is 6.10 Å². The number of ether oxygens (including phenoxy) is 1. The molecular formula is C19H25N3OS. The summed E-state index contributed by atoms with van der Waals surface area (Å²) in [5, 5.41) is 6.55. The van der Waals surface area contributed by atoms with Gasteiger partial charge in [0.2, 0.25) is 0 Å². The van der Waals surface area contributed by atoms with Crippen LogP contribution >= 0.6 is 12.2 Å². The molecule has 0 aromatic heterocycles. The third-order valence-electron chi connectivity index (χ3n) is 4.31. The molecule has 0 bridgehead atoms. The molecule has 24 heavy (non-hydrogen) atoms. The fourth-order valence-corrected chi connectivity index (χ4v) is 3.25. The quantitative estimate of drug-likeness (QED) is 0.843. The number of likely N-dealkylation sites (tertiary alicyclic amines) is 1. The average molecular weight is 343 g/mol. The molecule has 4 nitrogen and oxygen atoms in total. The first-order valence-corrected chi connectivity index (χ1v) is 8.86. The largest absolute Gasteiger partial charge is 0.488 e. The Morgan fingerprint density at radius 3 is 2.88 bits per heavy atom. The van der Waals surface area contributed by atoms with Gasteiger partial charge in [0.1, 0.15) is 11.9 Å². The maximum atomic E-state index is 6.27. The molecule has 2 aromatic rings. The molecule has 2 aromatic carbocycles. The average Bonchev–Trinajstić information content (AvgIpc) is 3.03. The molecule has 3 rings (SSSR count). The van der Waals surface area contributed by atoms with Crippen LogP contribution in [0, 0.1) is 0 Å². The molecule has 1 heterocycles. The lowest BCUT2D eigenvalue weighted by atomic mass is 10.1. The number of fused-ring (bicyclic) bond motifs is 1. The highest BCUT2D eigenvalue weighted by Crippen LogP contribution is 2.27. The summed E-state index contributed by atoms with van der Waals surface area (Å²) in [5.74, 6) is 0.964. The molecule has 1 aliphatic heterocycles. The predicted molar refractivity (Wildman–Crippen MR) is 104 cm³/mol. The van der Waals surface area contributed by atoms with Crippen molar-refractivity contribution in [2.75, 3.05) is 40.3 Å². The van der Waals surface area contributed by atoms with Gasteiger partial charge in [0.15, 0.2) is 5.11 Å². The highest BCUT2D eigenvalue weighted by atomic mass is 32.1. The van der Waals surface area contributed by atoms with Crippen molar-refractivity contribution in [3.63, 3.8) is 0 Å². The standard InChI is InChI=1S/C19H25N3OS/c1-21(2)13-11-20-19(24)22-12-10-16(14-22)23-18-9-5-7-15-6-3-4-8-17(15)18/h3-9,16H,10-14H2,1-2H3,(H,20,24). The zero-order valence-corrected chi connectivity index (χ0v) is 15.2. The second-order valence-corrected chi connectivity index (χ2v) is 6.87. The summed E-state index contributed by atoms with van der Waals surface area (Å²) in [6, 6.07) is 14.6. The number of hydrogen-bond donors (Lipinski definition) is 1. The second kappa shape index (κ2) is 7.81. The van der Waals surface area contributed by atoms with Gasteiger partial charge in [-0.15, -0.1) is 0 Å². The van der Waals surface area contributed by atoms with E-state index in [2.05, 4.69) is 71.7 Å². The third-order valence-corrected chi connectivity index (χ3v) is 4.71. The number of thiocarbonyl (C=S) groups is 1. The zero-order valence-electron chi connectivity index (χ0n) is 14.4. The van der Waals surface area contributed by atoms with Crippen molar-refractivity contribution in [1.29, 1.82) is 0 Å². The summed E-state index contributed by atoms with van der Waals surface area (Å²) in [4.78, 5) is 4.35. The van der Waals surface area contributed by atoms with E-state index in [0.29, 0.717) is 0 Å². The van der Waals surface area contributed by atoms with Gasteiger partial charge in [-0.25, -0.2) is 0 Å². The van der Waals surface area contributed by atoms with E-state index < -0.39 is 0 Å². The first-order valence-electron chi connectivity index (χ1n) is 8.45. The molecule has 1 saturated heterocycles. The number of rotatable bonds is 5. The molecule has 1 atom stereocenters. The number of benzene rings is 2. The first-order chi connectivity index (χ1) is 11.6. The fourth-order valence-electron chi connectivity index (χ4n) is 2.99. The van der Waals surface area contributed by atoms with Gasteiger partial charge in [-0.1, -0.05) is 36.4 Å². The van der Waals surface area contributed by atoms with Crippen molar-refractivity contribution in [1.82, 2.24) is 15.1 Å². The minimum Gasteiger partial charge on any atom is -0.488 e. The van der Waals surface area contributed by atoms with Gasteiger partial charge < -0.3 is 19.9 Å². The number of nitrogens with one attached hydrogen (secondary N) is 1. The third kappa shape index (κ3) is 4.16. The Bertz CT molecular complexity index is 699. The van der Waals surface area contributed by atoms with Crippen LogP contribution in [0.25, 0.3) is 10.8 Å². The highest BCUT2D eigenvalue weighted by Gasteiger charge is 2.26. The van der Waals surface area contributed by atoms with Crippen molar-refractivity contribution >= 4 is 28.1 Å². The molecule has 128 valence electrons. The molecule has 1 aliphatic rings. The SMILES string of the molecule is CN(C)CCNC(=S)N1CCC(Oc2cccc3ccccc23)C1. The lowest BCUT2D eigenvalue weighted by Gasteiger charge is -2.21. The van der Waals surface area contributed by atoms with Crippen LogP contribution in [0.4, 0.5) is 0 Å².